The molecule has 0 atom stereocenters. The average molecular weight is 346 g/mol. The van der Waals surface area contributed by atoms with Crippen molar-refractivity contribution in [2.45, 2.75) is 11.8 Å². The molecule has 0 unspecified atom stereocenters. The predicted octanol–water partition coefficient (Wildman–Crippen LogP) is 4.23. The van der Waals surface area contributed by atoms with Gasteiger partial charge in [-0.15, -0.1) is 11.8 Å². The first-order valence-corrected chi connectivity index (χ1v) is 8.95. The summed E-state index contributed by atoms with van der Waals surface area (Å²) in [6, 6.07) is 12.0. The number of carbonyl (C=O) groups excluding carboxylic acids is 1. The molecule has 0 fully saturated rings. The van der Waals surface area contributed by atoms with Crippen molar-refractivity contribution in [3.63, 3.8) is 0 Å². The molecule has 23 heavy (non-hydrogen) atoms. The van der Waals surface area contributed by atoms with Crippen molar-refractivity contribution in [2.75, 3.05) is 5.75 Å². The molecular formula is C17H15FN2OS2. The fourth-order valence-corrected chi connectivity index (χ4v) is 4.01. The fraction of sp³-hybridized carbons (Fsp3) is 0.176. The highest BCUT2D eigenvalue weighted by Crippen LogP contribution is 2.20. The van der Waals surface area contributed by atoms with Crippen LogP contribution in [0.1, 0.15) is 17.3 Å². The number of amides is 1. The van der Waals surface area contributed by atoms with Gasteiger partial charge >= 0.3 is 0 Å². The van der Waals surface area contributed by atoms with Crippen LogP contribution in [0.3, 0.4) is 0 Å². The first-order valence-electron chi connectivity index (χ1n) is 7.15. The molecule has 6 heteroatoms. The van der Waals surface area contributed by atoms with Gasteiger partial charge in [0.15, 0.2) is 4.80 Å². The van der Waals surface area contributed by atoms with Crippen LogP contribution in [0.15, 0.2) is 52.4 Å². The van der Waals surface area contributed by atoms with Crippen molar-refractivity contribution in [1.82, 2.24) is 4.57 Å². The van der Waals surface area contributed by atoms with Crippen LogP contribution in [-0.4, -0.2) is 16.2 Å². The molecule has 1 aromatic heterocycles. The van der Waals surface area contributed by atoms with Crippen molar-refractivity contribution >= 4 is 39.2 Å². The Balaban J connectivity index is 2.02. The monoisotopic (exact) mass is 346 g/mol. The number of hydrogen-bond acceptors (Lipinski definition) is 3. The minimum Gasteiger partial charge on any atom is -0.319 e. The largest absolute Gasteiger partial charge is 0.319 e. The van der Waals surface area contributed by atoms with Crippen molar-refractivity contribution in [3.05, 3.63) is 58.6 Å². The second-order valence-corrected chi connectivity index (χ2v) is 7.28. The first kappa shape index (κ1) is 16.0. The molecular weight excluding hydrogens is 331 g/mol. The number of rotatable bonds is 3. The SMILES string of the molecule is CCSc1cccc(C(=O)N=c2sc3cc(F)ccc3n2C)c1. The Morgan fingerprint density at radius 1 is 1.30 bits per heavy atom. The zero-order valence-electron chi connectivity index (χ0n) is 12.7. The summed E-state index contributed by atoms with van der Waals surface area (Å²) in [5.74, 6) is 0.374. The maximum atomic E-state index is 13.3. The Bertz CT molecular complexity index is 943. The quantitative estimate of drug-likeness (QED) is 0.665. The maximum absolute atomic E-state index is 13.3. The van der Waals surface area contributed by atoms with Gasteiger partial charge in [0.25, 0.3) is 5.91 Å². The van der Waals surface area contributed by atoms with Crippen LogP contribution >= 0.6 is 23.1 Å². The number of hydrogen-bond donors (Lipinski definition) is 0. The second kappa shape index (κ2) is 6.68. The predicted molar refractivity (Wildman–Crippen MR) is 93.5 cm³/mol. The Hall–Kier alpha value is -1.92. The molecule has 1 amide bonds. The highest BCUT2D eigenvalue weighted by Gasteiger charge is 2.08. The third kappa shape index (κ3) is 3.38. The summed E-state index contributed by atoms with van der Waals surface area (Å²) in [4.78, 5) is 18.2. The van der Waals surface area contributed by atoms with Gasteiger partial charge in [0.05, 0.1) is 10.2 Å². The Morgan fingerprint density at radius 3 is 2.91 bits per heavy atom. The summed E-state index contributed by atoms with van der Waals surface area (Å²) in [5.41, 5.74) is 1.42. The average Bonchev–Trinajstić information content (AvgIpc) is 2.83. The summed E-state index contributed by atoms with van der Waals surface area (Å²) < 4.78 is 15.9. The Labute approximate surface area is 141 Å². The Morgan fingerprint density at radius 2 is 2.13 bits per heavy atom. The van der Waals surface area contributed by atoms with Crippen LogP contribution in [0.4, 0.5) is 4.39 Å². The molecule has 118 valence electrons. The fourth-order valence-electron chi connectivity index (χ4n) is 2.25. The molecule has 2 aromatic carbocycles. The van der Waals surface area contributed by atoms with Gasteiger partial charge in [-0.2, -0.15) is 4.99 Å². The molecule has 0 radical (unpaired) electrons. The van der Waals surface area contributed by atoms with Crippen LogP contribution in [0.2, 0.25) is 0 Å². The number of thiazole rings is 1. The van der Waals surface area contributed by atoms with Gasteiger partial charge in [-0.3, -0.25) is 4.79 Å². The van der Waals surface area contributed by atoms with E-state index in [1.807, 2.05) is 29.8 Å². The van der Waals surface area contributed by atoms with E-state index < -0.39 is 0 Å². The molecule has 3 nitrogen and oxygen atoms in total. The molecule has 3 rings (SSSR count). The number of halogens is 1. The van der Waals surface area contributed by atoms with E-state index in [0.717, 1.165) is 20.9 Å². The summed E-state index contributed by atoms with van der Waals surface area (Å²) >= 11 is 2.99. The van der Waals surface area contributed by atoms with Crippen LogP contribution in [-0.2, 0) is 7.05 Å². The Kier molecular flexibility index (Phi) is 4.63. The number of nitrogens with zero attached hydrogens (tertiary/aromatic N) is 2. The number of aromatic nitrogens is 1. The highest BCUT2D eigenvalue weighted by atomic mass is 32.2. The van der Waals surface area contributed by atoms with E-state index in [1.165, 1.54) is 23.5 Å². The number of fused-ring (bicyclic) bond motifs is 1. The van der Waals surface area contributed by atoms with Gasteiger partial charge in [0.2, 0.25) is 0 Å². The lowest BCUT2D eigenvalue weighted by Gasteiger charge is -2.00. The van der Waals surface area contributed by atoms with E-state index in [2.05, 4.69) is 11.9 Å². The van der Waals surface area contributed by atoms with Crippen molar-refractivity contribution in [3.8, 4) is 0 Å². The van der Waals surface area contributed by atoms with E-state index in [1.54, 1.807) is 23.9 Å². The third-order valence-electron chi connectivity index (χ3n) is 3.36. The topological polar surface area (TPSA) is 34.4 Å². The first-order chi connectivity index (χ1) is 11.1. The summed E-state index contributed by atoms with van der Waals surface area (Å²) in [6.07, 6.45) is 0. The van der Waals surface area contributed by atoms with Gasteiger partial charge in [0.1, 0.15) is 5.82 Å². The number of aryl methyl sites for hydroxylation is 1. The molecule has 0 spiro atoms. The van der Waals surface area contributed by atoms with E-state index in [4.69, 9.17) is 0 Å². The van der Waals surface area contributed by atoms with Crippen LogP contribution < -0.4 is 4.80 Å². The lowest BCUT2D eigenvalue weighted by molar-refractivity contribution is 0.0997. The summed E-state index contributed by atoms with van der Waals surface area (Å²) in [6.45, 7) is 2.07. The zero-order valence-corrected chi connectivity index (χ0v) is 14.4. The highest BCUT2D eigenvalue weighted by molar-refractivity contribution is 7.99. The van der Waals surface area contributed by atoms with Crippen molar-refractivity contribution < 1.29 is 9.18 Å². The molecule has 0 aliphatic heterocycles. The van der Waals surface area contributed by atoms with Crippen LogP contribution in [0, 0.1) is 5.82 Å². The van der Waals surface area contributed by atoms with Gasteiger partial charge in [-0.25, -0.2) is 4.39 Å². The molecule has 1 heterocycles. The van der Waals surface area contributed by atoms with E-state index in [-0.39, 0.29) is 11.7 Å². The van der Waals surface area contributed by atoms with Crippen molar-refractivity contribution in [1.29, 1.82) is 0 Å². The molecule has 0 N–H and O–H groups in total. The molecule has 0 aliphatic carbocycles. The number of benzene rings is 2. The van der Waals surface area contributed by atoms with Gasteiger partial charge in [-0.1, -0.05) is 24.3 Å². The summed E-state index contributed by atoms with van der Waals surface area (Å²) in [7, 11) is 1.83. The van der Waals surface area contributed by atoms with Gasteiger partial charge < -0.3 is 4.57 Å². The standard InChI is InChI=1S/C17H15FN2OS2/c1-3-22-13-6-4-5-11(9-13)16(21)19-17-20(2)14-8-7-12(18)10-15(14)23-17/h4-10H,3H2,1-2H3. The molecule has 3 aromatic rings. The zero-order chi connectivity index (χ0) is 16.4. The van der Waals surface area contributed by atoms with Gasteiger partial charge in [-0.05, 0) is 42.2 Å². The van der Waals surface area contributed by atoms with Crippen molar-refractivity contribution in [2.24, 2.45) is 12.0 Å². The van der Waals surface area contributed by atoms with E-state index in [0.29, 0.717) is 10.4 Å². The maximum Gasteiger partial charge on any atom is 0.279 e. The minimum atomic E-state index is -0.290. The van der Waals surface area contributed by atoms with E-state index in [9.17, 15) is 9.18 Å². The smallest absolute Gasteiger partial charge is 0.279 e. The third-order valence-corrected chi connectivity index (χ3v) is 5.33. The minimum absolute atomic E-state index is 0.286. The lowest BCUT2D eigenvalue weighted by Crippen LogP contribution is -2.13. The van der Waals surface area contributed by atoms with Crippen LogP contribution in [0.5, 0.6) is 0 Å². The summed E-state index contributed by atoms with van der Waals surface area (Å²) in [5, 5.41) is 0. The molecule has 0 bridgehead atoms. The molecule has 0 saturated carbocycles. The second-order valence-electron chi connectivity index (χ2n) is 4.93. The van der Waals surface area contributed by atoms with Crippen LogP contribution in [0.25, 0.3) is 10.2 Å². The number of thioether (sulfide) groups is 1. The number of carbonyl (C=O) groups is 1. The molecule has 0 aliphatic rings. The lowest BCUT2D eigenvalue weighted by atomic mass is 10.2. The molecule has 0 saturated heterocycles. The van der Waals surface area contributed by atoms with Gasteiger partial charge in [0, 0.05) is 17.5 Å². The van der Waals surface area contributed by atoms with E-state index >= 15 is 0 Å². The normalized spacial score (nSPS) is 12.0.